The summed E-state index contributed by atoms with van der Waals surface area (Å²) >= 11 is 12.1. The fraction of sp³-hybridized carbons (Fsp3) is 0.263. The fourth-order valence-corrected chi connectivity index (χ4v) is 3.30. The normalized spacial score (nSPS) is 15.5. The van der Waals surface area contributed by atoms with Gasteiger partial charge < -0.3 is 14.8 Å². The number of rotatable bonds is 5. The topological polar surface area (TPSA) is 64.6 Å². The number of ether oxygens (including phenoxy) is 2. The third kappa shape index (κ3) is 4.48. The first-order valence-corrected chi connectivity index (χ1v) is 8.90. The third-order valence-electron chi connectivity index (χ3n) is 4.04. The molecule has 1 aliphatic rings. The molecule has 1 heterocycles. The van der Waals surface area contributed by atoms with E-state index in [0.717, 1.165) is 11.3 Å². The summed E-state index contributed by atoms with van der Waals surface area (Å²) in [7, 11) is 0. The molecule has 0 fully saturated rings. The Balaban J connectivity index is 1.53. The molecule has 5 nitrogen and oxygen atoms in total. The lowest BCUT2D eigenvalue weighted by atomic mass is 10.0. The molecule has 1 N–H and O–H groups in total. The second-order valence-electron chi connectivity index (χ2n) is 5.83. The van der Waals surface area contributed by atoms with Crippen LogP contribution in [0.15, 0.2) is 42.5 Å². The van der Waals surface area contributed by atoms with Gasteiger partial charge in [-0.05, 0) is 18.2 Å². The number of halogens is 2. The Labute approximate surface area is 161 Å². The molecule has 7 heteroatoms. The zero-order valence-corrected chi connectivity index (χ0v) is 15.3. The highest BCUT2D eigenvalue weighted by atomic mass is 35.5. The van der Waals surface area contributed by atoms with Gasteiger partial charge in [0.25, 0.3) is 5.91 Å². The summed E-state index contributed by atoms with van der Waals surface area (Å²) < 4.78 is 10.6. The Morgan fingerprint density at radius 2 is 1.85 bits per heavy atom. The maximum Gasteiger partial charge on any atom is 0.310 e. The van der Waals surface area contributed by atoms with Crippen molar-refractivity contribution in [3.05, 3.63) is 63.6 Å². The van der Waals surface area contributed by atoms with E-state index in [1.807, 2.05) is 24.3 Å². The van der Waals surface area contributed by atoms with Crippen molar-refractivity contribution in [2.24, 2.45) is 0 Å². The summed E-state index contributed by atoms with van der Waals surface area (Å²) in [4.78, 5) is 24.1. The van der Waals surface area contributed by atoms with Crippen molar-refractivity contribution in [2.45, 2.75) is 18.9 Å². The molecule has 0 saturated heterocycles. The Morgan fingerprint density at radius 3 is 2.62 bits per heavy atom. The average Bonchev–Trinajstić information content (AvgIpc) is 2.63. The van der Waals surface area contributed by atoms with Crippen molar-refractivity contribution in [1.29, 1.82) is 0 Å². The molecule has 0 saturated carbocycles. The van der Waals surface area contributed by atoms with Crippen LogP contribution in [0.1, 0.15) is 23.6 Å². The van der Waals surface area contributed by atoms with Crippen molar-refractivity contribution in [3.8, 4) is 5.75 Å². The van der Waals surface area contributed by atoms with Crippen LogP contribution in [0, 0.1) is 0 Å². The molecule has 2 aromatic carbocycles. The van der Waals surface area contributed by atoms with Crippen molar-refractivity contribution in [2.75, 3.05) is 13.2 Å². The minimum Gasteiger partial charge on any atom is -0.493 e. The van der Waals surface area contributed by atoms with Crippen LogP contribution in [-0.2, 0) is 20.7 Å². The Bertz CT molecular complexity index is 805. The van der Waals surface area contributed by atoms with Crippen molar-refractivity contribution >= 4 is 35.1 Å². The number of carbonyl (C=O) groups is 2. The monoisotopic (exact) mass is 393 g/mol. The van der Waals surface area contributed by atoms with E-state index in [1.54, 1.807) is 18.2 Å². The van der Waals surface area contributed by atoms with E-state index in [2.05, 4.69) is 5.32 Å². The molecule has 2 aromatic rings. The lowest BCUT2D eigenvalue weighted by Gasteiger charge is -2.26. The molecular weight excluding hydrogens is 377 g/mol. The SMILES string of the molecule is O=C(COC(=O)Cc1c(Cl)cccc1Cl)NC1CCOc2ccccc21. The van der Waals surface area contributed by atoms with Gasteiger partial charge in [-0.2, -0.15) is 0 Å². The second-order valence-corrected chi connectivity index (χ2v) is 6.65. The van der Waals surface area contributed by atoms with Crippen LogP contribution >= 0.6 is 23.2 Å². The number of hydrogen-bond acceptors (Lipinski definition) is 4. The number of fused-ring (bicyclic) bond motifs is 1. The standard InChI is InChI=1S/C19H17Cl2NO4/c20-14-5-3-6-15(21)13(14)10-19(24)26-11-18(23)22-16-8-9-25-17-7-2-1-4-12(16)17/h1-7,16H,8-11H2,(H,22,23). The molecule has 136 valence electrons. The van der Waals surface area contributed by atoms with Gasteiger partial charge in [-0.15, -0.1) is 0 Å². The Morgan fingerprint density at radius 1 is 1.12 bits per heavy atom. The van der Waals surface area contributed by atoms with Gasteiger partial charge in [-0.25, -0.2) is 0 Å². The van der Waals surface area contributed by atoms with E-state index in [1.165, 1.54) is 0 Å². The summed E-state index contributed by atoms with van der Waals surface area (Å²) in [6, 6.07) is 12.4. The highest BCUT2D eigenvalue weighted by Crippen LogP contribution is 2.31. The van der Waals surface area contributed by atoms with Gasteiger partial charge in [0.1, 0.15) is 5.75 Å². The summed E-state index contributed by atoms with van der Waals surface area (Å²) in [6.07, 6.45) is 0.567. The predicted molar refractivity (Wildman–Crippen MR) is 98.6 cm³/mol. The van der Waals surface area contributed by atoms with Crippen LogP contribution in [-0.4, -0.2) is 25.1 Å². The number of nitrogens with one attached hydrogen (secondary N) is 1. The molecule has 1 aliphatic heterocycles. The first kappa shape index (κ1) is 18.5. The summed E-state index contributed by atoms with van der Waals surface area (Å²) in [5, 5.41) is 3.64. The van der Waals surface area contributed by atoms with E-state index in [-0.39, 0.29) is 25.0 Å². The van der Waals surface area contributed by atoms with Crippen LogP contribution < -0.4 is 10.1 Å². The van der Waals surface area contributed by atoms with Gasteiger partial charge in [0, 0.05) is 27.6 Å². The lowest BCUT2D eigenvalue weighted by Crippen LogP contribution is -2.35. The third-order valence-corrected chi connectivity index (χ3v) is 4.75. The number of amides is 1. The van der Waals surface area contributed by atoms with Crippen molar-refractivity contribution in [3.63, 3.8) is 0 Å². The molecule has 1 amide bonds. The van der Waals surface area contributed by atoms with E-state index in [9.17, 15) is 9.59 Å². The summed E-state index contributed by atoms with van der Waals surface area (Å²) in [5.74, 6) is -0.178. The molecule has 3 rings (SSSR count). The number of para-hydroxylation sites is 1. The number of carbonyl (C=O) groups excluding carboxylic acids is 2. The van der Waals surface area contributed by atoms with Gasteiger partial charge in [-0.3, -0.25) is 9.59 Å². The number of benzene rings is 2. The maximum absolute atomic E-state index is 12.1. The molecule has 0 spiro atoms. The highest BCUT2D eigenvalue weighted by Gasteiger charge is 2.23. The van der Waals surface area contributed by atoms with Crippen molar-refractivity contribution in [1.82, 2.24) is 5.32 Å². The van der Waals surface area contributed by atoms with E-state index < -0.39 is 5.97 Å². The predicted octanol–water partition coefficient (Wildman–Crippen LogP) is 3.72. The molecule has 0 aromatic heterocycles. The molecule has 0 bridgehead atoms. The fourth-order valence-electron chi connectivity index (χ4n) is 2.77. The molecule has 1 atom stereocenters. The molecule has 1 unspecified atom stereocenters. The molecule has 0 radical (unpaired) electrons. The minimum absolute atomic E-state index is 0.0914. The average molecular weight is 394 g/mol. The Kier molecular flexibility index (Phi) is 6.01. The lowest BCUT2D eigenvalue weighted by molar-refractivity contribution is -0.148. The minimum atomic E-state index is -0.567. The van der Waals surface area contributed by atoms with Gasteiger partial charge in [0.2, 0.25) is 0 Å². The Hall–Kier alpha value is -2.24. The van der Waals surface area contributed by atoms with Crippen LogP contribution in [0.2, 0.25) is 10.0 Å². The van der Waals surface area contributed by atoms with Gasteiger partial charge in [0.05, 0.1) is 19.1 Å². The largest absolute Gasteiger partial charge is 0.493 e. The van der Waals surface area contributed by atoms with Crippen LogP contribution in [0.5, 0.6) is 5.75 Å². The van der Waals surface area contributed by atoms with Crippen LogP contribution in [0.3, 0.4) is 0 Å². The molecule has 26 heavy (non-hydrogen) atoms. The van der Waals surface area contributed by atoms with Gasteiger partial charge in [-0.1, -0.05) is 47.5 Å². The highest BCUT2D eigenvalue weighted by molar-refractivity contribution is 6.36. The summed E-state index contributed by atoms with van der Waals surface area (Å²) in [6.45, 7) is 0.160. The molecule has 0 aliphatic carbocycles. The van der Waals surface area contributed by atoms with Gasteiger partial charge in [0.15, 0.2) is 6.61 Å². The number of hydrogen-bond donors (Lipinski definition) is 1. The van der Waals surface area contributed by atoms with Crippen molar-refractivity contribution < 1.29 is 19.1 Å². The number of esters is 1. The quantitative estimate of drug-likeness (QED) is 0.786. The van der Waals surface area contributed by atoms with E-state index in [0.29, 0.717) is 28.6 Å². The van der Waals surface area contributed by atoms with Crippen LogP contribution in [0.4, 0.5) is 0 Å². The molecular formula is C19H17Cl2NO4. The first-order valence-electron chi connectivity index (χ1n) is 8.14. The zero-order chi connectivity index (χ0) is 18.5. The van der Waals surface area contributed by atoms with E-state index in [4.69, 9.17) is 32.7 Å². The van der Waals surface area contributed by atoms with Gasteiger partial charge >= 0.3 is 5.97 Å². The van der Waals surface area contributed by atoms with E-state index >= 15 is 0 Å². The second kappa shape index (κ2) is 8.43. The summed E-state index contributed by atoms with van der Waals surface area (Å²) in [5.41, 5.74) is 1.40. The zero-order valence-electron chi connectivity index (χ0n) is 13.8. The smallest absolute Gasteiger partial charge is 0.310 e. The van der Waals surface area contributed by atoms with Crippen LogP contribution in [0.25, 0.3) is 0 Å². The maximum atomic E-state index is 12.1. The first-order chi connectivity index (χ1) is 12.5.